The van der Waals surface area contributed by atoms with E-state index in [0.29, 0.717) is 30.7 Å². The Hall–Kier alpha value is -3.62. The number of unbranched alkanes of at least 4 members (excludes halogenated alkanes) is 2. The van der Waals surface area contributed by atoms with Gasteiger partial charge >= 0.3 is 5.97 Å². The first-order valence-corrected chi connectivity index (χ1v) is 15.7. The molecule has 1 aromatic carbocycles. The predicted octanol–water partition coefficient (Wildman–Crippen LogP) is 2.75. The van der Waals surface area contributed by atoms with Gasteiger partial charge < -0.3 is 25.5 Å². The van der Waals surface area contributed by atoms with E-state index in [1.54, 1.807) is 0 Å². The lowest BCUT2D eigenvalue weighted by Crippen LogP contribution is -2.36. The molecule has 230 valence electrons. The molecule has 0 saturated heterocycles. The minimum absolute atomic E-state index is 0.0491. The van der Waals surface area contributed by atoms with Gasteiger partial charge in [-0.15, -0.1) is 0 Å². The van der Waals surface area contributed by atoms with Crippen LogP contribution in [0.4, 0.5) is 5.82 Å². The molecule has 2 aromatic heterocycles. The number of benzene rings is 1. The van der Waals surface area contributed by atoms with E-state index < -0.39 is 45.9 Å². The first kappa shape index (κ1) is 32.9. The van der Waals surface area contributed by atoms with Crippen molar-refractivity contribution in [3.8, 4) is 0 Å². The zero-order valence-electron chi connectivity index (χ0n) is 23.8. The molecule has 0 radical (unpaired) electrons. The zero-order chi connectivity index (χ0) is 30.7. The highest BCUT2D eigenvalue weighted by atomic mass is 32.2. The molecule has 1 amide bonds. The third-order valence-electron chi connectivity index (χ3n) is 6.79. The van der Waals surface area contributed by atoms with E-state index in [9.17, 15) is 27.4 Å². The molecule has 0 fully saturated rings. The number of nitrogen functional groups attached to an aromatic ring is 1. The number of nitrogens with zero attached hydrogens (tertiary/aromatic N) is 3. The van der Waals surface area contributed by atoms with Crippen molar-refractivity contribution >= 4 is 55.5 Å². The number of ether oxygens (including phenoxy) is 1. The van der Waals surface area contributed by atoms with Crippen LogP contribution in [0.1, 0.15) is 57.7 Å². The van der Waals surface area contributed by atoms with Crippen molar-refractivity contribution in [2.45, 2.75) is 64.8 Å². The number of hydrogen-bond acceptors (Lipinski definition) is 9. The smallest absolute Gasteiger partial charge is 0.305 e. The van der Waals surface area contributed by atoms with Crippen molar-refractivity contribution in [2.24, 2.45) is 5.92 Å². The van der Waals surface area contributed by atoms with Crippen molar-refractivity contribution in [1.29, 1.82) is 0 Å². The third-order valence-corrected chi connectivity index (χ3v) is 7.62. The number of Topliss-reactive ketones (excluding diaryl/α,β-unsaturated/α-hetero) is 1. The van der Waals surface area contributed by atoms with Crippen molar-refractivity contribution in [2.75, 3.05) is 31.2 Å². The molecule has 3 rings (SSSR count). The molecule has 2 heterocycles. The summed E-state index contributed by atoms with van der Waals surface area (Å²) in [7, 11) is -4.51. The van der Waals surface area contributed by atoms with Gasteiger partial charge in [-0.3, -0.25) is 18.9 Å². The number of carbonyl (C=O) groups excluding carboxylic acids is 2. The highest BCUT2D eigenvalue weighted by molar-refractivity contribution is 7.85. The number of ketones is 1. The molecule has 0 saturated carbocycles. The van der Waals surface area contributed by atoms with Gasteiger partial charge in [0.15, 0.2) is 5.82 Å². The Labute approximate surface area is 244 Å². The number of rotatable bonds is 19. The highest BCUT2D eigenvalue weighted by Crippen LogP contribution is 2.29. The Balaban J connectivity index is 1.60. The van der Waals surface area contributed by atoms with Gasteiger partial charge in [0.25, 0.3) is 10.1 Å². The van der Waals surface area contributed by atoms with Crippen LogP contribution >= 0.6 is 0 Å². The summed E-state index contributed by atoms with van der Waals surface area (Å²) in [6.07, 6.45) is 3.30. The van der Waals surface area contributed by atoms with E-state index in [1.165, 1.54) is 0 Å². The number of pyridine rings is 1. The van der Waals surface area contributed by atoms with Gasteiger partial charge in [-0.25, -0.2) is 9.97 Å². The number of aryl methyl sites for hydroxylation is 2. The molecule has 0 aliphatic rings. The van der Waals surface area contributed by atoms with Crippen LogP contribution in [0, 0.1) is 5.92 Å². The SMILES string of the molecule is CCCCc1nc2c(N)nc3ccccc3c2n1CCCCNC(=O)[C@@H](CC(=O)CCOCCC(=O)O)CS(=O)(=O)O. The average molecular weight is 606 g/mol. The number of aromatic nitrogens is 3. The lowest BCUT2D eigenvalue weighted by atomic mass is 10.0. The maximum absolute atomic E-state index is 12.8. The number of nitrogens with one attached hydrogen (secondary N) is 1. The fourth-order valence-electron chi connectivity index (χ4n) is 4.73. The molecule has 42 heavy (non-hydrogen) atoms. The van der Waals surface area contributed by atoms with E-state index in [4.69, 9.17) is 20.6 Å². The largest absolute Gasteiger partial charge is 0.481 e. The highest BCUT2D eigenvalue weighted by Gasteiger charge is 2.26. The summed E-state index contributed by atoms with van der Waals surface area (Å²) in [5.41, 5.74) is 8.62. The molecule has 0 spiro atoms. The molecular weight excluding hydrogens is 566 g/mol. The second kappa shape index (κ2) is 15.6. The number of aliphatic carboxylic acids is 1. The first-order chi connectivity index (χ1) is 20.0. The van der Waals surface area contributed by atoms with Gasteiger partial charge in [0, 0.05) is 37.7 Å². The summed E-state index contributed by atoms with van der Waals surface area (Å²) in [4.78, 5) is 44.9. The molecule has 13 nitrogen and oxygen atoms in total. The Morgan fingerprint density at radius 2 is 1.83 bits per heavy atom. The van der Waals surface area contributed by atoms with Crippen molar-refractivity contribution in [3.63, 3.8) is 0 Å². The minimum Gasteiger partial charge on any atom is -0.481 e. The van der Waals surface area contributed by atoms with Crippen molar-refractivity contribution < 1.29 is 37.2 Å². The van der Waals surface area contributed by atoms with E-state index in [1.807, 2.05) is 24.3 Å². The number of fused-ring (bicyclic) bond motifs is 3. The van der Waals surface area contributed by atoms with Crippen LogP contribution in [0.15, 0.2) is 24.3 Å². The quantitative estimate of drug-likeness (QED) is 0.115. The van der Waals surface area contributed by atoms with Gasteiger partial charge in [0.1, 0.15) is 17.1 Å². The topological polar surface area (TPSA) is 204 Å². The lowest BCUT2D eigenvalue weighted by Gasteiger charge is -2.15. The predicted molar refractivity (Wildman–Crippen MR) is 158 cm³/mol. The van der Waals surface area contributed by atoms with Crippen LogP contribution in [-0.2, 0) is 42.2 Å². The second-order valence-corrected chi connectivity index (χ2v) is 11.7. The van der Waals surface area contributed by atoms with E-state index in [2.05, 4.69) is 21.8 Å². The van der Waals surface area contributed by atoms with Crippen LogP contribution in [0.3, 0.4) is 0 Å². The van der Waals surface area contributed by atoms with Gasteiger partial charge in [-0.05, 0) is 25.3 Å². The summed E-state index contributed by atoms with van der Waals surface area (Å²) in [6, 6.07) is 7.74. The zero-order valence-corrected chi connectivity index (χ0v) is 24.6. The summed E-state index contributed by atoms with van der Waals surface area (Å²) in [6.45, 7) is 2.86. The molecule has 1 atom stereocenters. The van der Waals surface area contributed by atoms with Gasteiger partial charge in [0.05, 0.1) is 42.3 Å². The molecular formula is C28H39N5O8S. The number of imidazole rings is 1. The second-order valence-electron chi connectivity index (χ2n) is 10.2. The number of nitrogens with two attached hydrogens (primary N) is 1. The number of carboxylic acids is 1. The Morgan fingerprint density at radius 3 is 2.55 bits per heavy atom. The van der Waals surface area contributed by atoms with Crippen LogP contribution in [0.2, 0.25) is 0 Å². The lowest BCUT2D eigenvalue weighted by molar-refractivity contribution is -0.138. The Kier molecular flexibility index (Phi) is 12.2. The molecule has 5 N–H and O–H groups in total. The Morgan fingerprint density at radius 1 is 1.10 bits per heavy atom. The van der Waals surface area contributed by atoms with E-state index in [-0.39, 0.29) is 32.6 Å². The maximum Gasteiger partial charge on any atom is 0.305 e. The van der Waals surface area contributed by atoms with Crippen molar-refractivity contribution in [1.82, 2.24) is 19.9 Å². The average Bonchev–Trinajstić information content (AvgIpc) is 3.29. The first-order valence-electron chi connectivity index (χ1n) is 14.1. The van der Waals surface area contributed by atoms with Gasteiger partial charge in [-0.2, -0.15) is 8.42 Å². The summed E-state index contributed by atoms with van der Waals surface area (Å²) < 4.78 is 39.5. The van der Waals surface area contributed by atoms with Crippen LogP contribution in [0.5, 0.6) is 0 Å². The molecule has 0 bridgehead atoms. The summed E-state index contributed by atoms with van der Waals surface area (Å²) in [5.74, 6) is -2.95. The fraction of sp³-hybridized carbons (Fsp3) is 0.536. The number of para-hydroxylation sites is 1. The normalized spacial score (nSPS) is 12.5. The number of carboxylic acid groups (broad SMARTS) is 1. The van der Waals surface area contributed by atoms with Crippen LogP contribution in [0.25, 0.3) is 21.9 Å². The summed E-state index contributed by atoms with van der Waals surface area (Å²) in [5, 5.41) is 12.3. The van der Waals surface area contributed by atoms with Crippen LogP contribution < -0.4 is 11.1 Å². The minimum atomic E-state index is -4.51. The van der Waals surface area contributed by atoms with Gasteiger partial charge in [0.2, 0.25) is 5.91 Å². The third kappa shape index (κ3) is 9.74. The standard InChI is InChI=1S/C28H39N5O8S/c1-2-3-10-23-32-25-26(21-8-4-5-9-22(21)31-27(25)29)33(23)14-7-6-13-30-28(37)19(18-42(38,39)40)17-20(34)11-15-41-16-12-24(35)36/h4-5,8-9,19H,2-3,6-7,10-18H2,1H3,(H2,29,31)(H,30,37)(H,35,36)(H,38,39,40)/t19-/m0/s1. The Bertz CT molecular complexity index is 1500. The molecule has 3 aromatic rings. The number of hydrogen-bond donors (Lipinski definition) is 4. The monoisotopic (exact) mass is 605 g/mol. The summed E-state index contributed by atoms with van der Waals surface area (Å²) >= 11 is 0. The van der Waals surface area contributed by atoms with Crippen LogP contribution in [-0.4, -0.2) is 75.8 Å². The molecule has 0 aliphatic heterocycles. The number of carbonyl (C=O) groups is 3. The van der Waals surface area contributed by atoms with Gasteiger partial charge in [-0.1, -0.05) is 31.5 Å². The molecule has 0 aliphatic carbocycles. The molecule has 0 unspecified atom stereocenters. The number of anilines is 1. The molecule has 14 heteroatoms. The van der Waals surface area contributed by atoms with E-state index >= 15 is 0 Å². The maximum atomic E-state index is 12.8. The van der Waals surface area contributed by atoms with E-state index in [0.717, 1.165) is 41.5 Å². The number of amides is 1. The fourth-order valence-corrected chi connectivity index (χ4v) is 5.51. The van der Waals surface area contributed by atoms with Crippen molar-refractivity contribution in [3.05, 3.63) is 30.1 Å².